The summed E-state index contributed by atoms with van der Waals surface area (Å²) in [7, 11) is 0. The highest BCUT2D eigenvalue weighted by atomic mass is 32.1. The molecular weight excluding hydrogens is 286 g/mol. The second kappa shape index (κ2) is 6.19. The van der Waals surface area contributed by atoms with Gasteiger partial charge in [0.25, 0.3) is 0 Å². The monoisotopic (exact) mass is 299 g/mol. The first kappa shape index (κ1) is 13.3. The highest BCUT2D eigenvalue weighted by Gasteiger charge is 2.06. The van der Waals surface area contributed by atoms with E-state index < -0.39 is 0 Å². The molecule has 0 saturated heterocycles. The Hall–Kier alpha value is -2.67. The van der Waals surface area contributed by atoms with Gasteiger partial charge in [-0.3, -0.25) is 10.00 Å². The minimum Gasteiger partial charge on any atom is -0.305 e. The number of nitrogens with zero attached hydrogens (tertiary/aromatic N) is 3. The van der Waals surface area contributed by atoms with Gasteiger partial charge in [-0.15, -0.1) is 11.3 Å². The number of hydrogen-bond acceptors (Lipinski definition) is 4. The molecule has 21 heavy (non-hydrogen) atoms. The van der Waals surface area contributed by atoms with Crippen LogP contribution < -0.4 is 10.6 Å². The highest BCUT2D eigenvalue weighted by Crippen LogP contribution is 2.12. The molecule has 0 atom stereocenters. The van der Waals surface area contributed by atoms with Crippen LogP contribution in [0.25, 0.3) is 0 Å². The fourth-order valence-electron chi connectivity index (χ4n) is 1.83. The van der Waals surface area contributed by atoms with Crippen molar-refractivity contribution in [2.45, 2.75) is 6.54 Å². The molecule has 0 radical (unpaired) electrons. The Morgan fingerprint density at radius 2 is 2.10 bits per heavy atom. The molecular formula is C14H13N5OS. The van der Waals surface area contributed by atoms with E-state index >= 15 is 0 Å². The van der Waals surface area contributed by atoms with Crippen LogP contribution in [0.3, 0.4) is 0 Å². The van der Waals surface area contributed by atoms with Gasteiger partial charge in [0.05, 0.1) is 18.4 Å². The lowest BCUT2D eigenvalue weighted by Crippen LogP contribution is -2.18. The Labute approximate surface area is 125 Å². The van der Waals surface area contributed by atoms with Crippen molar-refractivity contribution >= 4 is 28.2 Å². The fraction of sp³-hybridized carbons (Fsp3) is 0.0714. The van der Waals surface area contributed by atoms with Crippen LogP contribution in [0.15, 0.2) is 54.3 Å². The summed E-state index contributed by atoms with van der Waals surface area (Å²) >= 11 is 1.36. The molecule has 2 heterocycles. The van der Waals surface area contributed by atoms with Crippen LogP contribution in [0.5, 0.6) is 0 Å². The van der Waals surface area contributed by atoms with E-state index in [2.05, 4.69) is 20.7 Å². The van der Waals surface area contributed by atoms with Crippen LogP contribution in [-0.4, -0.2) is 20.8 Å². The average molecular weight is 299 g/mol. The standard InChI is InChI=1S/C14H13N5OS/c20-13(18-14-15-6-7-21-14)17-12-8-16-19(10-12)9-11-4-2-1-3-5-11/h1-8,10H,9H2,(H2,15,17,18,20). The molecule has 1 aromatic carbocycles. The van der Waals surface area contributed by atoms with E-state index in [1.165, 1.54) is 11.3 Å². The van der Waals surface area contributed by atoms with Crippen molar-refractivity contribution in [2.24, 2.45) is 0 Å². The first-order valence-corrected chi connectivity index (χ1v) is 7.21. The Morgan fingerprint density at radius 1 is 1.24 bits per heavy atom. The number of urea groups is 1. The van der Waals surface area contributed by atoms with Crippen LogP contribution in [-0.2, 0) is 6.54 Å². The van der Waals surface area contributed by atoms with Crippen molar-refractivity contribution in [3.05, 3.63) is 59.9 Å². The van der Waals surface area contributed by atoms with Crippen molar-refractivity contribution in [3.8, 4) is 0 Å². The molecule has 0 bridgehead atoms. The lowest BCUT2D eigenvalue weighted by molar-refractivity contribution is 0.262. The van der Waals surface area contributed by atoms with Crippen LogP contribution >= 0.6 is 11.3 Å². The number of anilines is 2. The van der Waals surface area contributed by atoms with Gasteiger partial charge in [0.15, 0.2) is 5.13 Å². The second-order valence-corrected chi connectivity index (χ2v) is 5.22. The number of carbonyl (C=O) groups excluding carboxylic acids is 1. The number of carbonyl (C=O) groups is 1. The predicted molar refractivity (Wildman–Crippen MR) is 82.5 cm³/mol. The number of thiazole rings is 1. The number of amides is 2. The van der Waals surface area contributed by atoms with Crippen LogP contribution in [0.1, 0.15) is 5.56 Å². The Kier molecular flexibility index (Phi) is 3.92. The van der Waals surface area contributed by atoms with E-state index in [4.69, 9.17) is 0 Å². The SMILES string of the molecule is O=C(Nc1cnn(Cc2ccccc2)c1)Nc1nccs1. The van der Waals surface area contributed by atoms with Crippen molar-refractivity contribution in [3.63, 3.8) is 0 Å². The van der Waals surface area contributed by atoms with E-state index in [1.807, 2.05) is 30.3 Å². The van der Waals surface area contributed by atoms with Gasteiger partial charge in [-0.25, -0.2) is 9.78 Å². The molecule has 0 aliphatic heterocycles. The predicted octanol–water partition coefficient (Wildman–Crippen LogP) is 3.03. The maximum Gasteiger partial charge on any atom is 0.325 e. The van der Waals surface area contributed by atoms with Crippen molar-refractivity contribution in [1.82, 2.24) is 14.8 Å². The second-order valence-electron chi connectivity index (χ2n) is 4.33. The summed E-state index contributed by atoms with van der Waals surface area (Å²) in [5.41, 5.74) is 1.79. The summed E-state index contributed by atoms with van der Waals surface area (Å²) in [6.07, 6.45) is 5.04. The number of nitrogens with one attached hydrogen (secondary N) is 2. The van der Waals surface area contributed by atoms with Gasteiger partial charge >= 0.3 is 6.03 Å². The zero-order valence-corrected chi connectivity index (χ0v) is 11.9. The summed E-state index contributed by atoms with van der Waals surface area (Å²) in [5, 5.41) is 12.0. The largest absolute Gasteiger partial charge is 0.325 e. The zero-order chi connectivity index (χ0) is 14.5. The van der Waals surface area contributed by atoms with Gasteiger partial charge in [-0.2, -0.15) is 5.10 Å². The summed E-state index contributed by atoms with van der Waals surface area (Å²) in [6, 6.07) is 9.68. The molecule has 3 aromatic rings. The summed E-state index contributed by atoms with van der Waals surface area (Å²) in [6.45, 7) is 0.663. The van der Waals surface area contributed by atoms with E-state index in [9.17, 15) is 4.79 Å². The van der Waals surface area contributed by atoms with E-state index in [1.54, 1.807) is 28.7 Å². The summed E-state index contributed by atoms with van der Waals surface area (Å²) in [4.78, 5) is 15.7. The van der Waals surface area contributed by atoms with Crippen LogP contribution in [0, 0.1) is 0 Å². The number of hydrogen-bond donors (Lipinski definition) is 2. The van der Waals surface area contributed by atoms with Gasteiger partial charge in [0, 0.05) is 17.8 Å². The third-order valence-corrected chi connectivity index (χ3v) is 3.42. The Balaban J connectivity index is 1.59. The van der Waals surface area contributed by atoms with E-state index in [-0.39, 0.29) is 6.03 Å². The molecule has 6 nitrogen and oxygen atoms in total. The molecule has 0 fully saturated rings. The minimum atomic E-state index is -0.329. The van der Waals surface area contributed by atoms with Gasteiger partial charge in [-0.1, -0.05) is 30.3 Å². The lowest BCUT2D eigenvalue weighted by Gasteiger charge is -2.02. The van der Waals surface area contributed by atoms with Crippen molar-refractivity contribution in [1.29, 1.82) is 0 Å². The molecule has 0 saturated carbocycles. The molecule has 2 N–H and O–H groups in total. The molecule has 0 aliphatic carbocycles. The normalized spacial score (nSPS) is 10.3. The maximum absolute atomic E-state index is 11.8. The Morgan fingerprint density at radius 3 is 2.86 bits per heavy atom. The molecule has 0 unspecified atom stereocenters. The van der Waals surface area contributed by atoms with E-state index in [0.717, 1.165) is 5.56 Å². The molecule has 3 rings (SSSR count). The minimum absolute atomic E-state index is 0.329. The molecule has 0 spiro atoms. The van der Waals surface area contributed by atoms with Gasteiger partial charge in [0.2, 0.25) is 0 Å². The van der Waals surface area contributed by atoms with E-state index in [0.29, 0.717) is 17.4 Å². The molecule has 106 valence electrons. The fourth-order valence-corrected chi connectivity index (χ4v) is 2.35. The first-order valence-electron chi connectivity index (χ1n) is 6.33. The smallest absolute Gasteiger partial charge is 0.305 e. The topological polar surface area (TPSA) is 71.8 Å². The zero-order valence-electron chi connectivity index (χ0n) is 11.1. The number of benzene rings is 1. The lowest BCUT2D eigenvalue weighted by atomic mass is 10.2. The molecule has 2 aromatic heterocycles. The summed E-state index contributed by atoms with van der Waals surface area (Å²) < 4.78 is 1.77. The maximum atomic E-state index is 11.8. The third-order valence-electron chi connectivity index (χ3n) is 2.73. The highest BCUT2D eigenvalue weighted by molar-refractivity contribution is 7.13. The molecule has 7 heteroatoms. The first-order chi connectivity index (χ1) is 10.3. The van der Waals surface area contributed by atoms with Gasteiger partial charge < -0.3 is 5.32 Å². The summed E-state index contributed by atoms with van der Waals surface area (Å²) in [5.74, 6) is 0. The number of rotatable bonds is 4. The molecule has 0 aliphatic rings. The van der Waals surface area contributed by atoms with Crippen LogP contribution in [0.4, 0.5) is 15.6 Å². The van der Waals surface area contributed by atoms with Gasteiger partial charge in [0.1, 0.15) is 0 Å². The van der Waals surface area contributed by atoms with Crippen molar-refractivity contribution < 1.29 is 4.79 Å². The van der Waals surface area contributed by atoms with Crippen LogP contribution in [0.2, 0.25) is 0 Å². The number of aromatic nitrogens is 3. The van der Waals surface area contributed by atoms with Crippen molar-refractivity contribution in [2.75, 3.05) is 10.6 Å². The quantitative estimate of drug-likeness (QED) is 0.778. The molecule has 2 amide bonds. The third kappa shape index (κ3) is 3.67. The Bertz CT molecular complexity index is 708. The average Bonchev–Trinajstić information content (AvgIpc) is 3.12. The van der Waals surface area contributed by atoms with Gasteiger partial charge in [-0.05, 0) is 5.56 Å².